The molecule has 0 saturated heterocycles. The van der Waals surface area contributed by atoms with Gasteiger partial charge in [0.2, 0.25) is 0 Å². The predicted molar refractivity (Wildman–Crippen MR) is 148 cm³/mol. The van der Waals surface area contributed by atoms with Crippen molar-refractivity contribution >= 4 is 40.1 Å². The smallest absolute Gasteiger partial charge is 0.423 e. The molecule has 0 unspecified atom stereocenters. The largest absolute Gasteiger partial charge is 0.488 e. The molecule has 0 spiro atoms. The van der Waals surface area contributed by atoms with Crippen LogP contribution in [0.15, 0.2) is 89.5 Å². The van der Waals surface area contributed by atoms with Gasteiger partial charge in [-0.15, -0.1) is 0 Å². The molecular formula is C28H22BBrF6N2O4. The summed E-state index contributed by atoms with van der Waals surface area (Å²) in [6.45, 7) is 2.85. The average Bonchev–Trinajstić information content (AvgIpc) is 2.93. The molecule has 4 aromatic rings. The van der Waals surface area contributed by atoms with Crippen molar-refractivity contribution in [3.05, 3.63) is 112 Å². The fourth-order valence-electron chi connectivity index (χ4n) is 3.13. The van der Waals surface area contributed by atoms with Crippen LogP contribution >= 0.6 is 15.9 Å². The summed E-state index contributed by atoms with van der Waals surface area (Å²) >= 11 is 3.17. The van der Waals surface area contributed by atoms with Crippen LogP contribution in [0.1, 0.15) is 46.0 Å². The maximum Gasteiger partial charge on any atom is 0.488 e. The van der Waals surface area contributed by atoms with Gasteiger partial charge in [0.05, 0.1) is 16.8 Å². The minimum atomic E-state index is -4.45. The number of carbonyl (C=O) groups excluding carboxylic acids is 2. The van der Waals surface area contributed by atoms with E-state index >= 15 is 0 Å². The topological polar surface area (TPSA) is 100 Å². The van der Waals surface area contributed by atoms with Crippen LogP contribution < -0.4 is 5.46 Å². The van der Waals surface area contributed by atoms with E-state index in [1.165, 1.54) is 38.1 Å². The van der Waals surface area contributed by atoms with Crippen LogP contribution in [0.25, 0.3) is 11.3 Å². The Hall–Kier alpha value is -3.88. The number of hydrogen-bond donors (Lipinski definition) is 2. The number of aromatic nitrogens is 2. The van der Waals surface area contributed by atoms with Gasteiger partial charge in [-0.1, -0.05) is 48.5 Å². The summed E-state index contributed by atoms with van der Waals surface area (Å²) in [6.07, 6.45) is -8.85. The van der Waals surface area contributed by atoms with Crippen molar-refractivity contribution in [1.29, 1.82) is 0 Å². The minimum Gasteiger partial charge on any atom is -0.423 e. The van der Waals surface area contributed by atoms with E-state index in [2.05, 4.69) is 25.9 Å². The highest BCUT2D eigenvalue weighted by Gasteiger charge is 2.31. The van der Waals surface area contributed by atoms with Crippen molar-refractivity contribution in [2.75, 3.05) is 0 Å². The van der Waals surface area contributed by atoms with Gasteiger partial charge in [0.1, 0.15) is 16.0 Å². The molecule has 0 atom stereocenters. The van der Waals surface area contributed by atoms with Crippen molar-refractivity contribution in [3.63, 3.8) is 0 Å². The molecule has 42 heavy (non-hydrogen) atoms. The molecule has 0 aliphatic rings. The highest BCUT2D eigenvalue weighted by molar-refractivity contribution is 9.10. The van der Waals surface area contributed by atoms with Crippen LogP contribution in [0, 0.1) is 0 Å². The summed E-state index contributed by atoms with van der Waals surface area (Å²) in [5, 5.41) is 17.2. The zero-order valence-electron chi connectivity index (χ0n) is 21.9. The van der Waals surface area contributed by atoms with E-state index in [0.717, 1.165) is 24.3 Å². The average molecular weight is 655 g/mol. The number of halogens is 7. The Morgan fingerprint density at radius 2 is 1.17 bits per heavy atom. The van der Waals surface area contributed by atoms with E-state index in [0.29, 0.717) is 27.6 Å². The van der Waals surface area contributed by atoms with E-state index in [1.54, 1.807) is 30.3 Å². The van der Waals surface area contributed by atoms with Gasteiger partial charge in [-0.05, 0) is 57.8 Å². The zero-order valence-corrected chi connectivity index (χ0v) is 23.5. The molecule has 0 fully saturated rings. The van der Waals surface area contributed by atoms with Crippen LogP contribution in [-0.2, 0) is 12.4 Å². The lowest BCUT2D eigenvalue weighted by Crippen LogP contribution is -2.30. The number of pyridine rings is 2. The third-order valence-corrected chi connectivity index (χ3v) is 5.63. The molecule has 14 heteroatoms. The molecule has 2 aromatic heterocycles. The lowest BCUT2D eigenvalue weighted by Gasteiger charge is -2.08. The van der Waals surface area contributed by atoms with E-state index < -0.39 is 30.6 Å². The Labute approximate surface area is 245 Å². The Balaban J connectivity index is 0.000000234. The van der Waals surface area contributed by atoms with Crippen LogP contribution in [0.2, 0.25) is 0 Å². The highest BCUT2D eigenvalue weighted by Crippen LogP contribution is 2.32. The molecule has 0 bridgehead atoms. The van der Waals surface area contributed by atoms with Gasteiger partial charge >= 0.3 is 19.5 Å². The van der Waals surface area contributed by atoms with E-state index in [9.17, 15) is 35.9 Å². The number of rotatable bonds is 4. The second-order valence-electron chi connectivity index (χ2n) is 8.44. The molecule has 2 aromatic carbocycles. The summed E-state index contributed by atoms with van der Waals surface area (Å²) in [5.41, 5.74) is -0.394. The van der Waals surface area contributed by atoms with Gasteiger partial charge in [-0.3, -0.25) is 9.59 Å². The van der Waals surface area contributed by atoms with Crippen LogP contribution in [0.3, 0.4) is 0 Å². The van der Waals surface area contributed by atoms with E-state index in [1.807, 2.05) is 0 Å². The third-order valence-electron chi connectivity index (χ3n) is 5.18. The Kier molecular flexibility index (Phi) is 12.1. The fraction of sp³-hybridized carbons (Fsp3) is 0.143. The summed E-state index contributed by atoms with van der Waals surface area (Å²) in [7, 11) is -1.87. The van der Waals surface area contributed by atoms with Crippen molar-refractivity contribution < 1.29 is 46.0 Å². The quantitative estimate of drug-likeness (QED) is 0.114. The summed E-state index contributed by atoms with van der Waals surface area (Å²) in [5.74, 6) is -0.241. The second kappa shape index (κ2) is 14.8. The first-order valence-electron chi connectivity index (χ1n) is 11.8. The lowest BCUT2D eigenvalue weighted by molar-refractivity contribution is -0.138. The Bertz CT molecular complexity index is 1530. The number of benzene rings is 2. The normalized spacial score (nSPS) is 10.9. The first-order valence-corrected chi connectivity index (χ1v) is 12.6. The van der Waals surface area contributed by atoms with Crippen molar-refractivity contribution in [2.24, 2.45) is 0 Å². The first kappa shape index (κ1) is 34.3. The van der Waals surface area contributed by atoms with E-state index in [4.69, 9.17) is 10.0 Å². The Morgan fingerprint density at radius 3 is 1.64 bits per heavy atom. The van der Waals surface area contributed by atoms with Gasteiger partial charge < -0.3 is 10.0 Å². The molecule has 2 heterocycles. The summed E-state index contributed by atoms with van der Waals surface area (Å²) < 4.78 is 74.7. The van der Waals surface area contributed by atoms with Gasteiger partial charge in [0, 0.05) is 19.4 Å². The lowest BCUT2D eigenvalue weighted by atomic mass is 9.79. The third kappa shape index (κ3) is 10.8. The molecule has 0 saturated carbocycles. The minimum absolute atomic E-state index is 0.0127. The number of alkyl halides is 6. The van der Waals surface area contributed by atoms with Crippen molar-refractivity contribution in [2.45, 2.75) is 26.2 Å². The zero-order chi connectivity index (χ0) is 31.7. The number of hydrogen-bond acceptors (Lipinski definition) is 6. The van der Waals surface area contributed by atoms with Crippen molar-refractivity contribution in [3.8, 4) is 11.3 Å². The van der Waals surface area contributed by atoms with Crippen LogP contribution in [-0.4, -0.2) is 38.7 Å². The predicted octanol–water partition coefficient (Wildman–Crippen LogP) is 6.40. The molecule has 6 nitrogen and oxygen atoms in total. The highest BCUT2D eigenvalue weighted by atomic mass is 79.9. The molecule has 0 aliphatic heterocycles. The number of ketones is 2. The molecule has 0 amide bonds. The maximum absolute atomic E-state index is 12.6. The van der Waals surface area contributed by atoms with Gasteiger partial charge in [0.25, 0.3) is 0 Å². The van der Waals surface area contributed by atoms with Crippen LogP contribution in [0.4, 0.5) is 26.3 Å². The summed E-state index contributed by atoms with van der Waals surface area (Å²) in [4.78, 5) is 29.9. The maximum atomic E-state index is 12.6. The molecule has 0 aliphatic carbocycles. The number of carbonyl (C=O) groups is 2. The van der Waals surface area contributed by atoms with E-state index in [-0.39, 0.29) is 22.7 Å². The van der Waals surface area contributed by atoms with Crippen LogP contribution in [0.5, 0.6) is 0 Å². The molecule has 220 valence electrons. The van der Waals surface area contributed by atoms with Gasteiger partial charge in [0.15, 0.2) is 11.6 Å². The molecular weight excluding hydrogens is 633 g/mol. The monoisotopic (exact) mass is 654 g/mol. The molecule has 2 N–H and O–H groups in total. The number of nitrogens with zero attached hydrogens (tertiary/aromatic N) is 2. The second-order valence-corrected chi connectivity index (χ2v) is 9.25. The standard InChI is InChI=1S/C14H10F3NO.C7H6BF3O2.C7H6BrNO/c1-9(19)12-6-3-7-13(18-12)10-4-2-5-11(8-10)14(15,16)17;9-7(10,11)5-2-1-3-6(4-5)8(12)13;1-5(10)6-3-2-4-7(8)9-6/h2-8H,1H3;1-4,12-13H;2-4H,1H3. The fourth-order valence-corrected chi connectivity index (χ4v) is 3.47. The van der Waals surface area contributed by atoms with Gasteiger partial charge in [-0.25, -0.2) is 9.97 Å². The first-order chi connectivity index (χ1) is 19.5. The summed E-state index contributed by atoms with van der Waals surface area (Å²) in [6, 6.07) is 18.7. The number of Topliss-reactive ketones (excluding diaryl/α,β-unsaturated/α-hetero) is 2. The van der Waals surface area contributed by atoms with Crippen molar-refractivity contribution in [1.82, 2.24) is 9.97 Å². The Morgan fingerprint density at radius 1 is 0.690 bits per heavy atom. The molecule has 0 radical (unpaired) electrons. The SMILES string of the molecule is CC(=O)c1cccc(-c2cccc(C(F)(F)F)c2)n1.CC(=O)c1cccc(Br)n1.OB(O)c1cccc(C(F)(F)F)c1. The van der Waals surface area contributed by atoms with Gasteiger partial charge in [-0.2, -0.15) is 26.3 Å². The molecule has 4 rings (SSSR count).